The van der Waals surface area contributed by atoms with Gasteiger partial charge in [0.1, 0.15) is 0 Å². The first-order valence-corrected chi connectivity index (χ1v) is 10.6. The molecule has 0 amide bonds. The van der Waals surface area contributed by atoms with Crippen LogP contribution in [0.1, 0.15) is 32.4 Å². The van der Waals surface area contributed by atoms with E-state index in [0.717, 1.165) is 40.2 Å². The minimum absolute atomic E-state index is 0.402. The highest BCUT2D eigenvalue weighted by Gasteiger charge is 2.28. The van der Waals surface area contributed by atoms with Crippen LogP contribution in [-0.4, -0.2) is 27.5 Å². The number of aromatic nitrogens is 3. The average Bonchev–Trinajstić information content (AvgIpc) is 3.10. The summed E-state index contributed by atoms with van der Waals surface area (Å²) in [6, 6.07) is 5.68. The topological polar surface area (TPSA) is 33.4 Å². The third kappa shape index (κ3) is 3.65. The molecule has 0 unspecified atom stereocenters. The lowest BCUT2D eigenvalue weighted by Crippen LogP contribution is -2.38. The maximum atomic E-state index is 6.39. The number of piperidine rings is 1. The van der Waals surface area contributed by atoms with Crippen LogP contribution in [-0.2, 0) is 0 Å². The molecule has 3 aromatic rings. The number of nitrogens with zero attached hydrogens (tertiary/aromatic N) is 4. The zero-order valence-electron chi connectivity index (χ0n) is 15.7. The predicted octanol–water partition coefficient (Wildman–Crippen LogP) is 6.12. The summed E-state index contributed by atoms with van der Waals surface area (Å²) in [5.74, 6) is 0.969. The summed E-state index contributed by atoms with van der Waals surface area (Å²) < 4.78 is 2.09. The molecule has 1 aliphatic rings. The van der Waals surface area contributed by atoms with E-state index in [1.807, 2.05) is 31.5 Å². The molecular weight excluding hydrogens is 399 g/mol. The lowest BCUT2D eigenvalue weighted by molar-refractivity contribution is 0.278. The second kappa shape index (κ2) is 7.19. The van der Waals surface area contributed by atoms with E-state index in [9.17, 15) is 0 Å². The number of fused-ring (bicyclic) bond motifs is 1. The van der Waals surface area contributed by atoms with Gasteiger partial charge in [0, 0.05) is 30.4 Å². The van der Waals surface area contributed by atoms with Crippen LogP contribution in [0.15, 0.2) is 40.4 Å². The Morgan fingerprint density at radius 2 is 1.89 bits per heavy atom. The van der Waals surface area contributed by atoms with Crippen LogP contribution in [0.4, 0.5) is 5.95 Å². The maximum absolute atomic E-state index is 6.39. The fourth-order valence-corrected chi connectivity index (χ4v) is 4.85. The van der Waals surface area contributed by atoms with Crippen LogP contribution in [0.3, 0.4) is 0 Å². The molecule has 0 radical (unpaired) electrons. The van der Waals surface area contributed by atoms with Crippen molar-refractivity contribution in [2.24, 2.45) is 5.41 Å². The van der Waals surface area contributed by atoms with Gasteiger partial charge in [0.05, 0.1) is 20.6 Å². The summed E-state index contributed by atoms with van der Waals surface area (Å²) in [6.45, 7) is 8.74. The van der Waals surface area contributed by atoms with Gasteiger partial charge in [0.25, 0.3) is 0 Å². The number of hydrogen-bond acceptors (Lipinski definition) is 4. The summed E-state index contributed by atoms with van der Waals surface area (Å²) in [6.07, 6.45) is 6.15. The second-order valence-electron chi connectivity index (χ2n) is 7.75. The minimum Gasteiger partial charge on any atom is -0.342 e. The summed E-state index contributed by atoms with van der Waals surface area (Å²) in [4.78, 5) is 13.8. The number of imidazole rings is 1. The lowest BCUT2D eigenvalue weighted by atomic mass is 9.83. The third-order valence-corrected chi connectivity index (χ3v) is 7.36. The molecule has 2 aromatic heterocycles. The van der Waals surface area contributed by atoms with Gasteiger partial charge in [-0.05, 0) is 37.3 Å². The molecule has 1 fully saturated rings. The fraction of sp³-hybridized carbons (Fsp3) is 0.400. The molecule has 1 aromatic carbocycles. The molecule has 142 valence electrons. The first-order chi connectivity index (χ1) is 12.9. The zero-order chi connectivity index (χ0) is 19.2. The van der Waals surface area contributed by atoms with Crippen molar-refractivity contribution >= 4 is 46.6 Å². The summed E-state index contributed by atoms with van der Waals surface area (Å²) in [7, 11) is 0. The Kier molecular flexibility index (Phi) is 5.04. The van der Waals surface area contributed by atoms with Gasteiger partial charge in [-0.2, -0.15) is 0 Å². The van der Waals surface area contributed by atoms with Crippen LogP contribution in [0, 0.1) is 12.3 Å². The smallest absolute Gasteiger partial charge is 0.211 e. The molecular formula is C20H22Cl2N4S. The number of rotatable bonds is 3. The average molecular weight is 421 g/mol. The van der Waals surface area contributed by atoms with E-state index in [1.54, 1.807) is 17.8 Å². The van der Waals surface area contributed by atoms with Crippen molar-refractivity contribution in [2.75, 3.05) is 18.0 Å². The first-order valence-electron chi connectivity index (χ1n) is 9.06. The molecule has 7 heteroatoms. The Morgan fingerprint density at radius 3 is 2.63 bits per heavy atom. The second-order valence-corrected chi connectivity index (χ2v) is 9.59. The summed E-state index contributed by atoms with van der Waals surface area (Å²) >= 11 is 14.1. The van der Waals surface area contributed by atoms with Gasteiger partial charge in [-0.15, -0.1) is 0 Å². The van der Waals surface area contributed by atoms with Crippen molar-refractivity contribution in [2.45, 2.75) is 43.4 Å². The predicted molar refractivity (Wildman–Crippen MR) is 114 cm³/mol. The van der Waals surface area contributed by atoms with Crippen LogP contribution >= 0.6 is 35.0 Å². The minimum atomic E-state index is 0.402. The van der Waals surface area contributed by atoms with Crippen molar-refractivity contribution in [1.29, 1.82) is 0 Å². The van der Waals surface area contributed by atoms with E-state index in [4.69, 9.17) is 28.2 Å². The van der Waals surface area contributed by atoms with Gasteiger partial charge < -0.3 is 4.90 Å². The lowest BCUT2D eigenvalue weighted by Gasteiger charge is -2.37. The van der Waals surface area contributed by atoms with Gasteiger partial charge in [-0.3, -0.25) is 4.40 Å². The molecule has 1 aliphatic heterocycles. The van der Waals surface area contributed by atoms with E-state index in [0.29, 0.717) is 15.5 Å². The van der Waals surface area contributed by atoms with E-state index in [2.05, 4.69) is 28.1 Å². The molecule has 0 spiro atoms. The Labute approximate surface area is 173 Å². The van der Waals surface area contributed by atoms with E-state index < -0.39 is 0 Å². The van der Waals surface area contributed by atoms with Crippen LogP contribution < -0.4 is 4.90 Å². The molecule has 27 heavy (non-hydrogen) atoms. The number of benzene rings is 1. The van der Waals surface area contributed by atoms with Crippen molar-refractivity contribution in [3.63, 3.8) is 0 Å². The van der Waals surface area contributed by atoms with Gasteiger partial charge in [0.2, 0.25) is 5.95 Å². The Morgan fingerprint density at radius 1 is 1.15 bits per heavy atom. The molecule has 4 rings (SSSR count). The molecule has 3 heterocycles. The largest absolute Gasteiger partial charge is 0.342 e. The molecule has 0 N–H and O–H groups in total. The summed E-state index contributed by atoms with van der Waals surface area (Å²) in [5.41, 5.74) is 2.26. The SMILES string of the molecule is Cc1nc(N2CCC(C)(C)CC2)n2ccnc2c1Sc1cccc(Cl)c1Cl. The van der Waals surface area contributed by atoms with Crippen molar-refractivity contribution in [3.8, 4) is 0 Å². The van der Waals surface area contributed by atoms with Crippen LogP contribution in [0.2, 0.25) is 10.0 Å². The van der Waals surface area contributed by atoms with Crippen molar-refractivity contribution in [1.82, 2.24) is 14.4 Å². The first kappa shape index (κ1) is 18.9. The van der Waals surface area contributed by atoms with Crippen molar-refractivity contribution in [3.05, 3.63) is 46.3 Å². The van der Waals surface area contributed by atoms with Crippen LogP contribution in [0.25, 0.3) is 5.65 Å². The highest BCUT2D eigenvalue weighted by atomic mass is 35.5. The van der Waals surface area contributed by atoms with E-state index >= 15 is 0 Å². The fourth-order valence-electron chi connectivity index (χ4n) is 3.38. The number of aryl methyl sites for hydroxylation is 1. The van der Waals surface area contributed by atoms with Gasteiger partial charge in [-0.1, -0.05) is 54.9 Å². The molecule has 0 saturated carbocycles. The third-order valence-electron chi connectivity index (χ3n) is 5.18. The zero-order valence-corrected chi connectivity index (χ0v) is 18.0. The monoisotopic (exact) mass is 420 g/mol. The quantitative estimate of drug-likeness (QED) is 0.510. The van der Waals surface area contributed by atoms with E-state index in [1.165, 1.54) is 12.8 Å². The molecule has 0 atom stereocenters. The van der Waals surface area contributed by atoms with Gasteiger partial charge >= 0.3 is 0 Å². The highest BCUT2D eigenvalue weighted by molar-refractivity contribution is 7.99. The van der Waals surface area contributed by atoms with Crippen molar-refractivity contribution < 1.29 is 0 Å². The van der Waals surface area contributed by atoms with Gasteiger partial charge in [-0.25, -0.2) is 9.97 Å². The van der Waals surface area contributed by atoms with E-state index in [-0.39, 0.29) is 0 Å². The molecule has 0 bridgehead atoms. The Hall–Kier alpha value is -1.43. The Bertz CT molecular complexity index is 989. The normalized spacial score (nSPS) is 16.9. The number of anilines is 1. The summed E-state index contributed by atoms with van der Waals surface area (Å²) in [5, 5.41) is 1.12. The maximum Gasteiger partial charge on any atom is 0.211 e. The Balaban J connectivity index is 1.73. The van der Waals surface area contributed by atoms with Crippen LogP contribution in [0.5, 0.6) is 0 Å². The number of hydrogen-bond donors (Lipinski definition) is 0. The molecule has 1 saturated heterocycles. The number of halogens is 2. The molecule has 4 nitrogen and oxygen atoms in total. The molecule has 0 aliphatic carbocycles. The standard InChI is InChI=1S/C20H22Cl2N4S/c1-13-17(27-15-6-4-5-14(21)16(15)22)18-23-9-12-26(18)19(24-13)25-10-7-20(2,3)8-11-25/h4-6,9,12H,7-8,10-11H2,1-3H3. The highest BCUT2D eigenvalue weighted by Crippen LogP contribution is 2.40. The van der Waals surface area contributed by atoms with Gasteiger partial charge in [0.15, 0.2) is 5.65 Å².